The Morgan fingerprint density at radius 3 is 1.63 bits per heavy atom. The Morgan fingerprint density at radius 1 is 0.298 bits per heavy atom. The molecule has 11 rings (SSSR count). The highest BCUT2D eigenvalue weighted by atomic mass is 16.3. The minimum absolute atomic E-state index is 0.618. The minimum atomic E-state index is 0.618. The van der Waals surface area contributed by atoms with Crippen molar-refractivity contribution in [2.24, 2.45) is 0 Å². The highest BCUT2D eigenvalue weighted by Gasteiger charge is 2.19. The van der Waals surface area contributed by atoms with Crippen molar-refractivity contribution in [3.8, 4) is 67.5 Å². The van der Waals surface area contributed by atoms with E-state index in [0.29, 0.717) is 17.5 Å². The van der Waals surface area contributed by atoms with Gasteiger partial charge in [0.05, 0.1) is 0 Å². The predicted molar refractivity (Wildman–Crippen MR) is 235 cm³/mol. The van der Waals surface area contributed by atoms with Crippen LogP contribution in [0.25, 0.3) is 111 Å². The zero-order valence-corrected chi connectivity index (χ0v) is 30.8. The molecule has 0 saturated carbocycles. The fourth-order valence-electron chi connectivity index (χ4n) is 8.09. The number of hydrogen-bond donors (Lipinski definition) is 0. The first kappa shape index (κ1) is 32.7. The van der Waals surface area contributed by atoms with Crippen LogP contribution in [0.4, 0.5) is 0 Å². The molecule has 0 fully saturated rings. The highest BCUT2D eigenvalue weighted by molar-refractivity contribution is 6.10. The number of aromatic nitrogens is 3. The van der Waals surface area contributed by atoms with Gasteiger partial charge in [0.1, 0.15) is 11.2 Å². The van der Waals surface area contributed by atoms with Crippen LogP contribution < -0.4 is 0 Å². The molecule has 0 spiro atoms. The van der Waals surface area contributed by atoms with Crippen LogP contribution >= 0.6 is 0 Å². The summed E-state index contributed by atoms with van der Waals surface area (Å²) >= 11 is 0. The summed E-state index contributed by atoms with van der Waals surface area (Å²) in [6.07, 6.45) is 0. The predicted octanol–water partition coefficient (Wildman–Crippen LogP) is 14.1. The first-order valence-electron chi connectivity index (χ1n) is 19.2. The van der Waals surface area contributed by atoms with Crippen LogP contribution in [0.1, 0.15) is 0 Å². The lowest BCUT2D eigenvalue weighted by Gasteiger charge is -2.15. The number of para-hydroxylation sites is 2. The summed E-state index contributed by atoms with van der Waals surface area (Å²) in [5, 5.41) is 6.68. The fourth-order valence-corrected chi connectivity index (χ4v) is 8.09. The van der Waals surface area contributed by atoms with Gasteiger partial charge >= 0.3 is 0 Å². The van der Waals surface area contributed by atoms with E-state index in [0.717, 1.165) is 93.6 Å². The van der Waals surface area contributed by atoms with E-state index in [4.69, 9.17) is 19.4 Å². The quantitative estimate of drug-likeness (QED) is 0.171. The molecule has 0 amide bonds. The molecule has 0 atom stereocenters. The van der Waals surface area contributed by atoms with Gasteiger partial charge in [0.25, 0.3) is 0 Å². The first-order chi connectivity index (χ1) is 28.2. The number of furan rings is 1. The van der Waals surface area contributed by atoms with E-state index in [-0.39, 0.29) is 0 Å². The van der Waals surface area contributed by atoms with Crippen molar-refractivity contribution < 1.29 is 4.42 Å². The number of fused-ring (bicyclic) bond motifs is 5. The molecule has 2 aromatic heterocycles. The molecule has 0 unspecified atom stereocenters. The van der Waals surface area contributed by atoms with Gasteiger partial charge in [0, 0.05) is 33.0 Å². The fraction of sp³-hybridized carbons (Fsp3) is 0. The highest BCUT2D eigenvalue weighted by Crippen LogP contribution is 2.40. The van der Waals surface area contributed by atoms with Gasteiger partial charge in [0.15, 0.2) is 17.5 Å². The summed E-state index contributed by atoms with van der Waals surface area (Å²) in [6, 6.07) is 69.9. The Kier molecular flexibility index (Phi) is 7.78. The SMILES string of the molecule is c1ccc(-c2ccc(-c3nc(-c4ccc5cc(-c6cccc7c6oc6ccccc67)ccc5c4)nc(-c4c(-c5ccccc5)ccc5ccccc45)n3)cc2)cc1. The summed E-state index contributed by atoms with van der Waals surface area (Å²) in [5.41, 5.74) is 11.3. The largest absolute Gasteiger partial charge is 0.455 e. The summed E-state index contributed by atoms with van der Waals surface area (Å²) < 4.78 is 6.39. The zero-order valence-electron chi connectivity index (χ0n) is 30.8. The monoisotopic (exact) mass is 727 g/mol. The van der Waals surface area contributed by atoms with Gasteiger partial charge in [-0.3, -0.25) is 0 Å². The van der Waals surface area contributed by atoms with Crippen molar-refractivity contribution >= 4 is 43.5 Å². The Hall–Kier alpha value is -7.69. The van der Waals surface area contributed by atoms with E-state index in [1.165, 1.54) is 0 Å². The van der Waals surface area contributed by atoms with E-state index in [2.05, 4.69) is 176 Å². The van der Waals surface area contributed by atoms with Gasteiger partial charge in [-0.25, -0.2) is 15.0 Å². The smallest absolute Gasteiger partial charge is 0.165 e. The standard InChI is InChI=1S/C53H33N3O/c1-3-12-34(13-4-1)35-22-24-38(25-23-35)51-54-52(56-53(55-51)49-43-17-8-7-16-37(43)30-31-44(49)36-14-5-2-6-15-36)42-29-27-39-32-41(28-26-40(39)33-42)45-19-11-20-47-46-18-9-10-21-48(46)57-50(45)47/h1-33H. The van der Waals surface area contributed by atoms with Crippen LogP contribution in [-0.2, 0) is 0 Å². The molecule has 0 aliphatic heterocycles. The van der Waals surface area contributed by atoms with Crippen molar-refractivity contribution in [1.29, 1.82) is 0 Å². The van der Waals surface area contributed by atoms with Crippen molar-refractivity contribution in [1.82, 2.24) is 15.0 Å². The molecular weight excluding hydrogens is 695 g/mol. The van der Waals surface area contributed by atoms with Crippen LogP contribution in [0.15, 0.2) is 205 Å². The number of hydrogen-bond acceptors (Lipinski definition) is 4. The Labute approximate surface area is 329 Å². The van der Waals surface area contributed by atoms with Gasteiger partial charge in [-0.05, 0) is 67.6 Å². The maximum Gasteiger partial charge on any atom is 0.165 e. The topological polar surface area (TPSA) is 51.8 Å². The van der Waals surface area contributed by atoms with E-state index >= 15 is 0 Å². The lowest BCUT2D eigenvalue weighted by Crippen LogP contribution is -2.02. The van der Waals surface area contributed by atoms with E-state index in [1.807, 2.05) is 24.3 Å². The molecule has 0 saturated heterocycles. The lowest BCUT2D eigenvalue weighted by atomic mass is 9.93. The van der Waals surface area contributed by atoms with Gasteiger partial charge in [0.2, 0.25) is 0 Å². The summed E-state index contributed by atoms with van der Waals surface area (Å²) in [4.78, 5) is 15.7. The molecule has 0 aliphatic carbocycles. The molecule has 266 valence electrons. The molecular formula is C53H33N3O. The average molecular weight is 728 g/mol. The molecule has 9 aromatic carbocycles. The number of rotatable bonds is 6. The van der Waals surface area contributed by atoms with Crippen molar-refractivity contribution in [3.63, 3.8) is 0 Å². The first-order valence-corrected chi connectivity index (χ1v) is 19.2. The third-order valence-corrected chi connectivity index (χ3v) is 10.9. The third kappa shape index (κ3) is 5.83. The van der Waals surface area contributed by atoms with Crippen LogP contribution in [-0.4, -0.2) is 15.0 Å². The molecule has 11 aromatic rings. The van der Waals surface area contributed by atoms with Crippen LogP contribution in [0.2, 0.25) is 0 Å². The van der Waals surface area contributed by atoms with Crippen LogP contribution in [0.3, 0.4) is 0 Å². The summed E-state index contributed by atoms with van der Waals surface area (Å²) in [5.74, 6) is 1.87. The number of benzene rings is 9. The molecule has 0 bridgehead atoms. The van der Waals surface area contributed by atoms with Gasteiger partial charge in [-0.2, -0.15) is 0 Å². The molecule has 4 nitrogen and oxygen atoms in total. The van der Waals surface area contributed by atoms with Gasteiger partial charge in [-0.1, -0.05) is 182 Å². The minimum Gasteiger partial charge on any atom is -0.455 e. The third-order valence-electron chi connectivity index (χ3n) is 10.9. The van der Waals surface area contributed by atoms with Crippen molar-refractivity contribution in [2.45, 2.75) is 0 Å². The average Bonchev–Trinajstić information content (AvgIpc) is 3.68. The molecule has 4 heteroatoms. The van der Waals surface area contributed by atoms with Crippen LogP contribution in [0.5, 0.6) is 0 Å². The normalized spacial score (nSPS) is 11.5. The molecule has 0 N–H and O–H groups in total. The van der Waals surface area contributed by atoms with Crippen molar-refractivity contribution in [3.05, 3.63) is 200 Å². The van der Waals surface area contributed by atoms with E-state index in [9.17, 15) is 0 Å². The molecule has 0 radical (unpaired) electrons. The van der Waals surface area contributed by atoms with Gasteiger partial charge in [-0.15, -0.1) is 0 Å². The number of nitrogens with zero attached hydrogens (tertiary/aromatic N) is 3. The Bertz CT molecular complexity index is 3280. The molecule has 0 aliphatic rings. The van der Waals surface area contributed by atoms with E-state index < -0.39 is 0 Å². The maximum absolute atomic E-state index is 6.39. The zero-order chi connectivity index (χ0) is 37.7. The second kappa shape index (κ2) is 13.6. The summed E-state index contributed by atoms with van der Waals surface area (Å²) in [6.45, 7) is 0. The van der Waals surface area contributed by atoms with Crippen LogP contribution in [0, 0.1) is 0 Å². The second-order valence-electron chi connectivity index (χ2n) is 14.4. The Balaban J connectivity index is 1.07. The van der Waals surface area contributed by atoms with E-state index in [1.54, 1.807) is 0 Å². The summed E-state index contributed by atoms with van der Waals surface area (Å²) in [7, 11) is 0. The van der Waals surface area contributed by atoms with Gasteiger partial charge < -0.3 is 4.42 Å². The molecule has 2 heterocycles. The lowest BCUT2D eigenvalue weighted by molar-refractivity contribution is 0.670. The van der Waals surface area contributed by atoms with Crippen molar-refractivity contribution in [2.75, 3.05) is 0 Å². The Morgan fingerprint density at radius 2 is 0.842 bits per heavy atom. The maximum atomic E-state index is 6.39. The second-order valence-corrected chi connectivity index (χ2v) is 14.4. The molecule has 57 heavy (non-hydrogen) atoms.